The number of thiazole rings is 1. The van der Waals surface area contributed by atoms with Crippen LogP contribution in [0.5, 0.6) is 0 Å². The van der Waals surface area contributed by atoms with Gasteiger partial charge in [0.05, 0.1) is 15.2 Å². The van der Waals surface area contributed by atoms with Gasteiger partial charge in [0.1, 0.15) is 0 Å². The average molecular weight is 232 g/mol. The fourth-order valence-electron chi connectivity index (χ4n) is 1.45. The standard InChI is InChI=1S/C12H12N2OS/c1-3-4-12(15)14-9-5-6-10-11(7-9)16-8(2)13-10/h3-7H,1-2H3,(H,14,15)/b4-3+. The van der Waals surface area contributed by atoms with E-state index in [9.17, 15) is 4.79 Å². The zero-order valence-corrected chi connectivity index (χ0v) is 9.97. The molecule has 0 aliphatic rings. The summed E-state index contributed by atoms with van der Waals surface area (Å²) in [6, 6.07) is 5.73. The van der Waals surface area contributed by atoms with Crippen molar-refractivity contribution in [2.24, 2.45) is 0 Å². The maximum atomic E-state index is 11.3. The molecule has 1 amide bonds. The van der Waals surface area contributed by atoms with E-state index >= 15 is 0 Å². The van der Waals surface area contributed by atoms with Gasteiger partial charge in [-0.2, -0.15) is 0 Å². The second kappa shape index (κ2) is 4.45. The number of anilines is 1. The molecule has 1 aromatic heterocycles. The number of allylic oxidation sites excluding steroid dienone is 1. The Morgan fingerprint density at radius 2 is 2.31 bits per heavy atom. The first-order chi connectivity index (χ1) is 7.69. The van der Waals surface area contributed by atoms with Gasteiger partial charge < -0.3 is 5.32 Å². The van der Waals surface area contributed by atoms with Gasteiger partial charge in [-0.3, -0.25) is 4.79 Å². The average Bonchev–Trinajstić information content (AvgIpc) is 2.57. The van der Waals surface area contributed by atoms with Crippen LogP contribution >= 0.6 is 11.3 Å². The van der Waals surface area contributed by atoms with Crippen molar-refractivity contribution in [3.63, 3.8) is 0 Å². The van der Waals surface area contributed by atoms with E-state index in [2.05, 4.69) is 10.3 Å². The van der Waals surface area contributed by atoms with Crippen molar-refractivity contribution in [3.8, 4) is 0 Å². The van der Waals surface area contributed by atoms with Crippen LogP contribution in [0.4, 0.5) is 5.69 Å². The SMILES string of the molecule is C/C=C/C(=O)Nc1ccc2nc(C)sc2c1. The van der Waals surface area contributed by atoms with Crippen molar-refractivity contribution in [2.75, 3.05) is 5.32 Å². The van der Waals surface area contributed by atoms with Crippen molar-refractivity contribution in [1.29, 1.82) is 0 Å². The highest BCUT2D eigenvalue weighted by atomic mass is 32.1. The monoisotopic (exact) mass is 232 g/mol. The fourth-order valence-corrected chi connectivity index (χ4v) is 2.32. The second-order valence-electron chi connectivity index (χ2n) is 3.40. The molecule has 0 atom stereocenters. The number of nitrogens with one attached hydrogen (secondary N) is 1. The molecule has 0 bridgehead atoms. The third kappa shape index (κ3) is 2.28. The molecule has 0 aliphatic heterocycles. The molecule has 0 aliphatic carbocycles. The molecule has 3 nitrogen and oxygen atoms in total. The van der Waals surface area contributed by atoms with Crippen LogP contribution in [0, 0.1) is 6.92 Å². The first-order valence-electron chi connectivity index (χ1n) is 5.00. The summed E-state index contributed by atoms with van der Waals surface area (Å²) < 4.78 is 1.09. The summed E-state index contributed by atoms with van der Waals surface area (Å²) in [4.78, 5) is 15.7. The predicted molar refractivity (Wildman–Crippen MR) is 67.8 cm³/mol. The van der Waals surface area contributed by atoms with E-state index in [0.29, 0.717) is 0 Å². The number of nitrogens with zero attached hydrogens (tertiary/aromatic N) is 1. The van der Waals surface area contributed by atoms with Gasteiger partial charge >= 0.3 is 0 Å². The molecule has 0 radical (unpaired) electrons. The Bertz CT molecular complexity index is 557. The van der Waals surface area contributed by atoms with Crippen LogP contribution in [-0.2, 0) is 4.79 Å². The number of fused-ring (bicyclic) bond motifs is 1. The zero-order valence-electron chi connectivity index (χ0n) is 9.15. The first kappa shape index (κ1) is 10.8. The summed E-state index contributed by atoms with van der Waals surface area (Å²) in [5.74, 6) is -0.108. The highest BCUT2D eigenvalue weighted by Crippen LogP contribution is 2.24. The molecule has 0 spiro atoms. The number of carbonyl (C=O) groups is 1. The Morgan fingerprint density at radius 3 is 3.06 bits per heavy atom. The van der Waals surface area contributed by atoms with Crippen LogP contribution in [0.3, 0.4) is 0 Å². The molecule has 0 saturated carbocycles. The van der Waals surface area contributed by atoms with E-state index in [1.807, 2.05) is 32.0 Å². The summed E-state index contributed by atoms with van der Waals surface area (Å²) in [7, 11) is 0. The number of rotatable bonds is 2. The highest BCUT2D eigenvalue weighted by Gasteiger charge is 2.02. The number of carbonyl (C=O) groups excluding carboxylic acids is 1. The van der Waals surface area contributed by atoms with Gasteiger partial charge in [-0.15, -0.1) is 11.3 Å². The van der Waals surface area contributed by atoms with Crippen LogP contribution in [0.1, 0.15) is 11.9 Å². The molecule has 16 heavy (non-hydrogen) atoms. The van der Waals surface area contributed by atoms with E-state index in [0.717, 1.165) is 20.9 Å². The molecule has 4 heteroatoms. The summed E-state index contributed by atoms with van der Waals surface area (Å²) in [5.41, 5.74) is 1.78. The lowest BCUT2D eigenvalue weighted by Crippen LogP contribution is -2.07. The number of hydrogen-bond acceptors (Lipinski definition) is 3. The van der Waals surface area contributed by atoms with Gasteiger partial charge in [-0.05, 0) is 38.1 Å². The lowest BCUT2D eigenvalue weighted by molar-refractivity contribution is -0.111. The molecule has 2 rings (SSSR count). The molecule has 1 aromatic carbocycles. The number of aryl methyl sites for hydroxylation is 1. The molecular weight excluding hydrogens is 220 g/mol. The molecule has 0 fully saturated rings. The Hall–Kier alpha value is -1.68. The molecule has 82 valence electrons. The largest absolute Gasteiger partial charge is 0.322 e. The Labute approximate surface area is 97.8 Å². The summed E-state index contributed by atoms with van der Waals surface area (Å²) in [6.07, 6.45) is 3.22. The van der Waals surface area contributed by atoms with Gasteiger partial charge in [0.25, 0.3) is 0 Å². The lowest BCUT2D eigenvalue weighted by Gasteiger charge is -2.00. The van der Waals surface area contributed by atoms with Gasteiger partial charge in [0.2, 0.25) is 5.91 Å². The smallest absolute Gasteiger partial charge is 0.248 e. The lowest BCUT2D eigenvalue weighted by atomic mass is 10.3. The van der Waals surface area contributed by atoms with Crippen LogP contribution in [0.25, 0.3) is 10.2 Å². The quantitative estimate of drug-likeness (QED) is 0.808. The van der Waals surface area contributed by atoms with E-state index in [-0.39, 0.29) is 5.91 Å². The molecule has 0 unspecified atom stereocenters. The maximum absolute atomic E-state index is 11.3. The maximum Gasteiger partial charge on any atom is 0.248 e. The number of aromatic nitrogens is 1. The van der Waals surface area contributed by atoms with Crippen molar-refractivity contribution in [3.05, 3.63) is 35.4 Å². The Balaban J connectivity index is 2.28. The van der Waals surface area contributed by atoms with Crippen LogP contribution < -0.4 is 5.32 Å². The number of benzene rings is 1. The number of hydrogen-bond donors (Lipinski definition) is 1. The Kier molecular flexibility index (Phi) is 3.01. The summed E-state index contributed by atoms with van der Waals surface area (Å²) in [5, 5.41) is 3.83. The van der Waals surface area contributed by atoms with Crippen molar-refractivity contribution in [1.82, 2.24) is 4.98 Å². The Morgan fingerprint density at radius 1 is 1.50 bits per heavy atom. The normalized spacial score (nSPS) is 11.1. The first-order valence-corrected chi connectivity index (χ1v) is 5.81. The third-order valence-corrected chi connectivity index (χ3v) is 3.01. The van der Waals surface area contributed by atoms with Crippen LogP contribution in [0.2, 0.25) is 0 Å². The van der Waals surface area contributed by atoms with E-state index in [1.165, 1.54) is 6.08 Å². The zero-order chi connectivity index (χ0) is 11.5. The number of amides is 1. The molecule has 2 aromatic rings. The summed E-state index contributed by atoms with van der Waals surface area (Å²) in [6.45, 7) is 3.79. The van der Waals surface area contributed by atoms with Gasteiger partial charge in [-0.1, -0.05) is 6.08 Å². The van der Waals surface area contributed by atoms with E-state index in [4.69, 9.17) is 0 Å². The molecule has 1 N–H and O–H groups in total. The molecule has 0 saturated heterocycles. The summed E-state index contributed by atoms with van der Waals surface area (Å²) >= 11 is 1.63. The fraction of sp³-hybridized carbons (Fsp3) is 0.167. The predicted octanol–water partition coefficient (Wildman–Crippen LogP) is 3.12. The van der Waals surface area contributed by atoms with E-state index in [1.54, 1.807) is 17.4 Å². The van der Waals surface area contributed by atoms with Crippen LogP contribution in [0.15, 0.2) is 30.4 Å². The van der Waals surface area contributed by atoms with Gasteiger partial charge in [0, 0.05) is 5.69 Å². The van der Waals surface area contributed by atoms with E-state index < -0.39 is 0 Å². The van der Waals surface area contributed by atoms with Crippen molar-refractivity contribution < 1.29 is 4.79 Å². The van der Waals surface area contributed by atoms with Gasteiger partial charge in [0.15, 0.2) is 0 Å². The minimum absolute atomic E-state index is 0.108. The second-order valence-corrected chi connectivity index (χ2v) is 4.64. The molecular formula is C12H12N2OS. The highest BCUT2D eigenvalue weighted by molar-refractivity contribution is 7.18. The molecule has 1 heterocycles. The third-order valence-electron chi connectivity index (χ3n) is 2.08. The minimum atomic E-state index is -0.108. The van der Waals surface area contributed by atoms with Crippen LogP contribution in [-0.4, -0.2) is 10.9 Å². The topological polar surface area (TPSA) is 42.0 Å². The van der Waals surface area contributed by atoms with Gasteiger partial charge in [-0.25, -0.2) is 4.98 Å². The van der Waals surface area contributed by atoms with Crippen molar-refractivity contribution >= 4 is 33.1 Å². The van der Waals surface area contributed by atoms with Crippen molar-refractivity contribution in [2.45, 2.75) is 13.8 Å². The minimum Gasteiger partial charge on any atom is -0.322 e.